The van der Waals surface area contributed by atoms with Gasteiger partial charge in [-0.1, -0.05) is 34.1 Å². The fraction of sp³-hybridized carbons (Fsp3) is 0.931. The van der Waals surface area contributed by atoms with Crippen LogP contribution in [0.5, 0.6) is 0 Å². The van der Waals surface area contributed by atoms with Crippen LogP contribution in [0.15, 0.2) is 0 Å². The van der Waals surface area contributed by atoms with Gasteiger partial charge in [0.15, 0.2) is 0 Å². The highest BCUT2D eigenvalue weighted by molar-refractivity contribution is 5.69. The summed E-state index contributed by atoms with van der Waals surface area (Å²) in [5.41, 5.74) is 0.823. The van der Waals surface area contributed by atoms with Crippen molar-refractivity contribution in [1.82, 2.24) is 0 Å². The first-order chi connectivity index (χ1) is 15.6. The number of rotatable bonds is 6. The molecule has 4 nitrogen and oxygen atoms in total. The van der Waals surface area contributed by atoms with Crippen molar-refractivity contribution in [3.05, 3.63) is 0 Å². The lowest BCUT2D eigenvalue weighted by molar-refractivity contribution is -0.170. The Kier molecular flexibility index (Phi) is 7.23. The molecule has 188 valence electrons. The van der Waals surface area contributed by atoms with Crippen LogP contribution in [0.1, 0.15) is 105 Å². The van der Waals surface area contributed by atoms with Gasteiger partial charge >= 0.3 is 11.9 Å². The van der Waals surface area contributed by atoms with Gasteiger partial charge in [-0.05, 0) is 110 Å². The molecule has 0 bridgehead atoms. The topological polar surface area (TPSA) is 52.6 Å². The van der Waals surface area contributed by atoms with Crippen LogP contribution in [0.3, 0.4) is 0 Å². The number of carbonyl (C=O) groups is 2. The zero-order chi connectivity index (χ0) is 24.0. The van der Waals surface area contributed by atoms with Gasteiger partial charge in [-0.3, -0.25) is 9.59 Å². The zero-order valence-electron chi connectivity index (χ0n) is 22.0. The normalized spacial score (nSPS) is 45.3. The summed E-state index contributed by atoms with van der Waals surface area (Å²) in [6.45, 7) is 11.5. The number of ether oxygens (including phenoxy) is 2. The predicted molar refractivity (Wildman–Crippen MR) is 130 cm³/mol. The standard InChI is InChI=1S/C29H48O4/c1-7-20-16-22-24-10-9-23(18(2)8-11-27(31)32-6)28(24,4)15-13-25(22)29(5)14-12-21(17-26(20)29)33-19(3)30/h18,20-26H,7-17H2,1-6H3/t18-,20-,21-,22+,23-,24+,25+,26+,28-,29-/m1/s1. The van der Waals surface area contributed by atoms with Crippen LogP contribution in [0.2, 0.25) is 0 Å². The highest BCUT2D eigenvalue weighted by Gasteiger charge is 2.62. The average molecular weight is 461 g/mol. The minimum Gasteiger partial charge on any atom is -0.469 e. The van der Waals surface area contributed by atoms with Crippen molar-refractivity contribution in [2.45, 2.75) is 111 Å². The lowest BCUT2D eigenvalue weighted by Gasteiger charge is -2.63. The molecule has 33 heavy (non-hydrogen) atoms. The molecule has 0 radical (unpaired) electrons. The largest absolute Gasteiger partial charge is 0.469 e. The number of methoxy groups -OCH3 is 1. The molecule has 0 aromatic heterocycles. The van der Waals surface area contributed by atoms with Crippen molar-refractivity contribution in [1.29, 1.82) is 0 Å². The van der Waals surface area contributed by atoms with Gasteiger partial charge in [0.25, 0.3) is 0 Å². The number of hydrogen-bond donors (Lipinski definition) is 0. The van der Waals surface area contributed by atoms with Crippen LogP contribution in [0, 0.1) is 52.3 Å². The van der Waals surface area contributed by atoms with E-state index in [2.05, 4.69) is 27.7 Å². The Balaban J connectivity index is 1.52. The molecule has 4 aliphatic rings. The molecular formula is C29H48O4. The van der Waals surface area contributed by atoms with Crippen molar-refractivity contribution < 1.29 is 19.1 Å². The van der Waals surface area contributed by atoms with Crippen LogP contribution in [0.4, 0.5) is 0 Å². The third kappa shape index (κ3) is 4.38. The van der Waals surface area contributed by atoms with Crippen molar-refractivity contribution in [2.24, 2.45) is 52.3 Å². The molecule has 0 aliphatic heterocycles. The summed E-state index contributed by atoms with van der Waals surface area (Å²) in [4.78, 5) is 23.4. The van der Waals surface area contributed by atoms with Crippen molar-refractivity contribution in [3.63, 3.8) is 0 Å². The van der Waals surface area contributed by atoms with E-state index in [1.165, 1.54) is 52.1 Å². The molecule has 4 rings (SSSR count). The van der Waals surface area contributed by atoms with Gasteiger partial charge < -0.3 is 9.47 Å². The Morgan fingerprint density at radius 2 is 1.67 bits per heavy atom. The monoisotopic (exact) mass is 460 g/mol. The Morgan fingerprint density at radius 3 is 2.33 bits per heavy atom. The van der Waals surface area contributed by atoms with Crippen molar-refractivity contribution in [2.75, 3.05) is 7.11 Å². The van der Waals surface area contributed by atoms with E-state index in [-0.39, 0.29) is 18.0 Å². The lowest BCUT2D eigenvalue weighted by Crippen LogP contribution is -2.57. The highest BCUT2D eigenvalue weighted by atomic mass is 16.5. The second kappa shape index (κ2) is 9.53. The van der Waals surface area contributed by atoms with E-state index >= 15 is 0 Å². The first kappa shape index (κ1) is 25.0. The first-order valence-electron chi connectivity index (χ1n) is 13.9. The zero-order valence-corrected chi connectivity index (χ0v) is 22.0. The van der Waals surface area contributed by atoms with Gasteiger partial charge in [0.2, 0.25) is 0 Å². The summed E-state index contributed by atoms with van der Waals surface area (Å²) in [5.74, 6) is 5.10. The van der Waals surface area contributed by atoms with Gasteiger partial charge in [-0.15, -0.1) is 0 Å². The van der Waals surface area contributed by atoms with Crippen molar-refractivity contribution >= 4 is 11.9 Å². The Hall–Kier alpha value is -1.06. The smallest absolute Gasteiger partial charge is 0.305 e. The molecular weight excluding hydrogens is 412 g/mol. The summed E-state index contributed by atoms with van der Waals surface area (Å²) in [7, 11) is 1.50. The molecule has 0 spiro atoms. The Morgan fingerprint density at radius 1 is 0.970 bits per heavy atom. The molecule has 4 fully saturated rings. The fourth-order valence-electron chi connectivity index (χ4n) is 9.88. The molecule has 0 unspecified atom stereocenters. The third-order valence-corrected chi connectivity index (χ3v) is 11.4. The maximum absolute atomic E-state index is 11.8. The maximum atomic E-state index is 11.8. The molecule has 0 heterocycles. The fourth-order valence-corrected chi connectivity index (χ4v) is 9.88. The van der Waals surface area contributed by atoms with E-state index in [1.807, 2.05) is 0 Å². The highest BCUT2D eigenvalue weighted by Crippen LogP contribution is 2.69. The van der Waals surface area contributed by atoms with E-state index in [1.54, 1.807) is 6.92 Å². The molecule has 0 saturated heterocycles. The van der Waals surface area contributed by atoms with E-state index in [0.29, 0.717) is 29.1 Å². The summed E-state index contributed by atoms with van der Waals surface area (Å²) in [6.07, 6.45) is 13.0. The Labute approximate surface area is 201 Å². The summed E-state index contributed by atoms with van der Waals surface area (Å²) >= 11 is 0. The van der Waals surface area contributed by atoms with E-state index in [4.69, 9.17) is 9.47 Å². The lowest BCUT2D eigenvalue weighted by atomic mass is 9.42. The van der Waals surface area contributed by atoms with Crippen LogP contribution in [-0.4, -0.2) is 25.2 Å². The van der Waals surface area contributed by atoms with Gasteiger partial charge in [-0.2, -0.15) is 0 Å². The number of esters is 2. The number of fused-ring (bicyclic) bond motifs is 5. The van der Waals surface area contributed by atoms with Gasteiger partial charge in [-0.25, -0.2) is 0 Å². The molecule has 0 amide bonds. The maximum Gasteiger partial charge on any atom is 0.305 e. The van der Waals surface area contributed by atoms with Gasteiger partial charge in [0.05, 0.1) is 7.11 Å². The molecule has 4 saturated carbocycles. The SMILES string of the molecule is CC[C@@H]1C[C@@H]2[C@H](CC[C@]3(C)[C@@H]([C@H](C)CCC(=O)OC)CC[C@@H]23)[C@@]2(C)CC[C@@H](OC(C)=O)C[C@@H]12. The minimum atomic E-state index is -0.114. The first-order valence-corrected chi connectivity index (χ1v) is 13.9. The minimum absolute atomic E-state index is 0.0633. The van der Waals surface area contributed by atoms with Crippen LogP contribution in [0.25, 0.3) is 0 Å². The quantitative estimate of drug-likeness (QED) is 0.409. The van der Waals surface area contributed by atoms with Gasteiger partial charge in [0.1, 0.15) is 6.10 Å². The molecule has 0 N–H and O–H groups in total. The van der Waals surface area contributed by atoms with Crippen LogP contribution < -0.4 is 0 Å². The third-order valence-electron chi connectivity index (χ3n) is 11.4. The van der Waals surface area contributed by atoms with Gasteiger partial charge in [0, 0.05) is 13.3 Å². The molecule has 4 heteroatoms. The second-order valence-corrected chi connectivity index (χ2v) is 12.7. The van der Waals surface area contributed by atoms with Crippen LogP contribution >= 0.6 is 0 Å². The predicted octanol–water partition coefficient (Wildman–Crippen LogP) is 6.80. The number of hydrogen-bond acceptors (Lipinski definition) is 4. The van der Waals surface area contributed by atoms with Crippen LogP contribution in [-0.2, 0) is 19.1 Å². The molecule has 10 atom stereocenters. The summed E-state index contributed by atoms with van der Waals surface area (Å²) in [5, 5.41) is 0. The van der Waals surface area contributed by atoms with E-state index < -0.39 is 0 Å². The van der Waals surface area contributed by atoms with E-state index in [9.17, 15) is 9.59 Å². The molecule has 0 aromatic carbocycles. The number of carbonyl (C=O) groups excluding carboxylic acids is 2. The Bertz CT molecular complexity index is 733. The summed E-state index contributed by atoms with van der Waals surface area (Å²) in [6, 6.07) is 0. The van der Waals surface area contributed by atoms with Crippen molar-refractivity contribution in [3.8, 4) is 0 Å². The second-order valence-electron chi connectivity index (χ2n) is 12.7. The average Bonchev–Trinajstić information content (AvgIpc) is 3.14. The summed E-state index contributed by atoms with van der Waals surface area (Å²) < 4.78 is 10.6. The molecule has 0 aromatic rings. The molecule has 4 aliphatic carbocycles. The van der Waals surface area contributed by atoms with E-state index in [0.717, 1.165) is 48.9 Å².